The molecule has 13 heteroatoms. The molecule has 0 bridgehead atoms. The van der Waals surface area contributed by atoms with E-state index in [0.29, 0.717) is 31.7 Å². The number of hydrogen-bond donors (Lipinski definition) is 6. The molecule has 2 fully saturated rings. The highest BCUT2D eigenvalue weighted by Crippen LogP contribution is 2.27. The number of nitrogens with one attached hydrogen (secondary N) is 5. The van der Waals surface area contributed by atoms with Crippen molar-refractivity contribution in [1.29, 1.82) is 0 Å². The number of hydrogen-bond acceptors (Lipinski definition) is 10. The van der Waals surface area contributed by atoms with E-state index in [1.807, 2.05) is 37.3 Å². The van der Waals surface area contributed by atoms with Gasteiger partial charge in [0.05, 0.1) is 0 Å². The summed E-state index contributed by atoms with van der Waals surface area (Å²) in [5.41, 5.74) is 1.55. The molecule has 210 valence electrons. The number of carbonyl (C=O) groups excluding carboxylic acids is 2. The van der Waals surface area contributed by atoms with Crippen molar-refractivity contribution in [2.75, 3.05) is 42.9 Å². The molecule has 2 aromatic rings. The van der Waals surface area contributed by atoms with E-state index < -0.39 is 18.1 Å². The zero-order valence-corrected chi connectivity index (χ0v) is 22.0. The van der Waals surface area contributed by atoms with E-state index in [0.717, 1.165) is 36.5 Å². The van der Waals surface area contributed by atoms with Gasteiger partial charge in [-0.05, 0) is 44.8 Å². The summed E-state index contributed by atoms with van der Waals surface area (Å²) >= 11 is 0. The van der Waals surface area contributed by atoms with Crippen molar-refractivity contribution in [3.8, 4) is 0 Å². The van der Waals surface area contributed by atoms with Crippen LogP contribution in [0.2, 0.25) is 0 Å². The minimum Gasteiger partial charge on any atom is -0.480 e. The maximum Gasteiger partial charge on any atom is 0.408 e. The normalized spacial score (nSPS) is 17.2. The molecule has 0 unspecified atom stereocenters. The van der Waals surface area contributed by atoms with Crippen LogP contribution in [0, 0.1) is 12.8 Å². The van der Waals surface area contributed by atoms with Crippen LogP contribution in [0.5, 0.6) is 0 Å². The highest BCUT2D eigenvalue weighted by molar-refractivity contribution is 5.81. The van der Waals surface area contributed by atoms with Gasteiger partial charge >= 0.3 is 12.1 Å². The van der Waals surface area contributed by atoms with Crippen molar-refractivity contribution in [3.63, 3.8) is 0 Å². The standard InChI is InChI=1S/C26H36N8O5/c1-17-21(29-14-20(24(36)37)32-26(38)39-15-18-6-3-2-4-7-18)30-16-31-22(17)34-12-8-19(9-13-34)23(35)33-25-27-10-5-11-28-25/h2-4,6-7,16,19-20,25,27-28H,5,8-15H2,1H3,(H,32,38)(H,33,35)(H,36,37)(H,29,30,31)/t20-/m0/s1. The van der Waals surface area contributed by atoms with E-state index in [9.17, 15) is 19.5 Å². The number of aromatic nitrogens is 2. The van der Waals surface area contributed by atoms with Crippen molar-refractivity contribution in [2.45, 2.75) is 45.1 Å². The van der Waals surface area contributed by atoms with Crippen LogP contribution in [-0.2, 0) is 20.9 Å². The van der Waals surface area contributed by atoms with Gasteiger partial charge in [-0.1, -0.05) is 30.3 Å². The molecule has 0 spiro atoms. The summed E-state index contributed by atoms with van der Waals surface area (Å²) in [5, 5.41) is 24.5. The van der Waals surface area contributed by atoms with Gasteiger partial charge in [0, 0.05) is 31.1 Å². The third-order valence-electron chi connectivity index (χ3n) is 6.84. The van der Waals surface area contributed by atoms with Gasteiger partial charge in [0.15, 0.2) is 0 Å². The molecule has 39 heavy (non-hydrogen) atoms. The predicted octanol–water partition coefficient (Wildman–Crippen LogP) is 0.776. The number of piperidine rings is 1. The minimum absolute atomic E-state index is 0.0352. The van der Waals surface area contributed by atoms with Crippen LogP contribution in [0.3, 0.4) is 0 Å². The lowest BCUT2D eigenvalue weighted by Crippen LogP contribution is -2.59. The lowest BCUT2D eigenvalue weighted by Gasteiger charge is -2.34. The largest absolute Gasteiger partial charge is 0.480 e. The fourth-order valence-electron chi connectivity index (χ4n) is 4.61. The Morgan fingerprint density at radius 3 is 2.54 bits per heavy atom. The molecular weight excluding hydrogens is 504 g/mol. The number of alkyl carbamates (subject to hydrolysis) is 1. The van der Waals surface area contributed by atoms with Crippen molar-refractivity contribution in [1.82, 2.24) is 31.2 Å². The Labute approximate surface area is 227 Å². The topological polar surface area (TPSA) is 170 Å². The van der Waals surface area contributed by atoms with Crippen LogP contribution in [0.1, 0.15) is 30.4 Å². The Balaban J connectivity index is 1.27. The van der Waals surface area contributed by atoms with Gasteiger partial charge in [-0.15, -0.1) is 0 Å². The second-order valence-corrected chi connectivity index (χ2v) is 9.61. The van der Waals surface area contributed by atoms with Gasteiger partial charge < -0.3 is 30.7 Å². The van der Waals surface area contributed by atoms with Gasteiger partial charge in [-0.3, -0.25) is 15.4 Å². The molecule has 2 aliphatic heterocycles. The van der Waals surface area contributed by atoms with Gasteiger partial charge in [0.25, 0.3) is 0 Å². The molecule has 2 aliphatic rings. The quantitative estimate of drug-likeness (QED) is 0.252. The molecule has 1 aromatic carbocycles. The van der Waals surface area contributed by atoms with Crippen LogP contribution < -0.4 is 31.5 Å². The number of carboxylic acid groups (broad SMARTS) is 1. The first-order valence-electron chi connectivity index (χ1n) is 13.2. The summed E-state index contributed by atoms with van der Waals surface area (Å²) in [6.07, 6.45) is 2.84. The minimum atomic E-state index is -1.23. The molecule has 2 saturated heterocycles. The lowest BCUT2D eigenvalue weighted by molar-refractivity contribution is -0.139. The highest BCUT2D eigenvalue weighted by Gasteiger charge is 2.28. The van der Waals surface area contributed by atoms with E-state index >= 15 is 0 Å². The molecule has 3 heterocycles. The number of nitrogens with zero attached hydrogens (tertiary/aromatic N) is 3. The first-order chi connectivity index (χ1) is 18.9. The zero-order valence-electron chi connectivity index (χ0n) is 22.0. The monoisotopic (exact) mass is 540 g/mol. The summed E-state index contributed by atoms with van der Waals surface area (Å²) in [7, 11) is 0. The van der Waals surface area contributed by atoms with Crippen LogP contribution in [0.15, 0.2) is 36.7 Å². The number of aliphatic carboxylic acids is 1. The number of amides is 2. The van der Waals surface area contributed by atoms with Gasteiger partial charge in [-0.25, -0.2) is 19.6 Å². The van der Waals surface area contributed by atoms with Crippen molar-refractivity contribution < 1.29 is 24.2 Å². The summed E-state index contributed by atoms with van der Waals surface area (Å²) in [6.45, 7) is 4.87. The number of benzene rings is 1. The first kappa shape index (κ1) is 28.0. The molecule has 0 radical (unpaired) electrons. The Hall–Kier alpha value is -3.97. The van der Waals surface area contributed by atoms with Crippen molar-refractivity contribution in [3.05, 3.63) is 47.8 Å². The van der Waals surface area contributed by atoms with Crippen molar-refractivity contribution >= 4 is 29.6 Å². The third-order valence-corrected chi connectivity index (χ3v) is 6.84. The van der Waals surface area contributed by atoms with Crippen LogP contribution in [-0.4, -0.2) is 78.1 Å². The third kappa shape index (κ3) is 8.01. The number of carbonyl (C=O) groups is 3. The molecule has 0 aliphatic carbocycles. The number of ether oxygens (including phenoxy) is 1. The fourth-order valence-corrected chi connectivity index (χ4v) is 4.61. The van der Waals surface area contributed by atoms with E-state index in [1.54, 1.807) is 0 Å². The van der Waals surface area contributed by atoms with Crippen LogP contribution >= 0.6 is 0 Å². The Morgan fingerprint density at radius 1 is 1.13 bits per heavy atom. The second kappa shape index (κ2) is 13.7. The fraction of sp³-hybridized carbons (Fsp3) is 0.500. The summed E-state index contributed by atoms with van der Waals surface area (Å²) in [4.78, 5) is 47.4. The molecule has 13 nitrogen and oxygen atoms in total. The summed E-state index contributed by atoms with van der Waals surface area (Å²) in [5.74, 6) is -0.0393. The Morgan fingerprint density at radius 2 is 1.85 bits per heavy atom. The predicted molar refractivity (Wildman–Crippen MR) is 144 cm³/mol. The van der Waals surface area contributed by atoms with Gasteiger partial charge in [-0.2, -0.15) is 0 Å². The maximum absolute atomic E-state index is 12.7. The lowest BCUT2D eigenvalue weighted by atomic mass is 9.95. The Bertz CT molecular complexity index is 1120. The summed E-state index contributed by atoms with van der Waals surface area (Å²) < 4.78 is 5.14. The van der Waals surface area contributed by atoms with Crippen LogP contribution in [0.25, 0.3) is 0 Å². The first-order valence-corrected chi connectivity index (χ1v) is 13.2. The van der Waals surface area contributed by atoms with Gasteiger partial charge in [0.2, 0.25) is 5.91 Å². The van der Waals surface area contributed by atoms with E-state index in [1.165, 1.54) is 6.33 Å². The van der Waals surface area contributed by atoms with E-state index in [2.05, 4.69) is 41.5 Å². The summed E-state index contributed by atoms with van der Waals surface area (Å²) in [6, 6.07) is 7.89. The number of carboxylic acids is 1. The maximum atomic E-state index is 12.7. The van der Waals surface area contributed by atoms with E-state index in [-0.39, 0.29) is 31.3 Å². The molecule has 6 N–H and O–H groups in total. The van der Waals surface area contributed by atoms with E-state index in [4.69, 9.17) is 4.74 Å². The molecule has 1 aromatic heterocycles. The molecule has 4 rings (SSSR count). The zero-order chi connectivity index (χ0) is 27.6. The molecule has 0 saturated carbocycles. The van der Waals surface area contributed by atoms with Gasteiger partial charge in [0.1, 0.15) is 36.9 Å². The van der Waals surface area contributed by atoms with Crippen molar-refractivity contribution in [2.24, 2.45) is 5.92 Å². The Kier molecular flexibility index (Phi) is 9.86. The molecule has 1 atom stereocenters. The average Bonchev–Trinajstić information content (AvgIpc) is 2.96. The molecule has 2 amide bonds. The number of rotatable bonds is 10. The number of anilines is 2. The van der Waals surface area contributed by atoms with Crippen LogP contribution in [0.4, 0.5) is 16.4 Å². The molecular formula is C26H36N8O5. The SMILES string of the molecule is Cc1c(NC[C@H](NC(=O)OCc2ccccc2)C(=O)O)ncnc1N1CCC(C(=O)NC2NCCCN2)CC1. The smallest absolute Gasteiger partial charge is 0.408 e. The second-order valence-electron chi connectivity index (χ2n) is 9.61. The highest BCUT2D eigenvalue weighted by atomic mass is 16.5. The average molecular weight is 541 g/mol.